The van der Waals surface area contributed by atoms with E-state index in [9.17, 15) is 9.18 Å². The highest BCUT2D eigenvalue weighted by Crippen LogP contribution is 2.35. The lowest BCUT2D eigenvalue weighted by Crippen LogP contribution is -2.30. The first kappa shape index (κ1) is 14.3. The number of amides is 1. The number of carbonyl (C=O) groups excluding carboxylic acids is 1. The molecule has 0 aromatic heterocycles. The molecular formula is C15H14ClFN2O. The number of carbonyl (C=O) groups is 1. The van der Waals surface area contributed by atoms with E-state index in [0.29, 0.717) is 21.8 Å². The molecule has 0 aliphatic heterocycles. The summed E-state index contributed by atoms with van der Waals surface area (Å²) >= 11 is 6.16. The first-order valence-corrected chi connectivity index (χ1v) is 6.40. The largest absolute Gasteiger partial charge is 0.368 e. The summed E-state index contributed by atoms with van der Waals surface area (Å²) < 4.78 is 13.5. The van der Waals surface area contributed by atoms with Crippen LogP contribution in [0.4, 0.5) is 10.1 Å². The Morgan fingerprint density at radius 1 is 1.25 bits per heavy atom. The third-order valence-electron chi connectivity index (χ3n) is 2.93. The summed E-state index contributed by atoms with van der Waals surface area (Å²) in [5.74, 6) is -0.821. The highest BCUT2D eigenvalue weighted by Gasteiger charge is 2.14. The van der Waals surface area contributed by atoms with Crippen molar-refractivity contribution in [3.63, 3.8) is 0 Å². The van der Waals surface area contributed by atoms with Crippen LogP contribution in [0, 0.1) is 5.82 Å². The smallest absolute Gasteiger partial charge is 0.236 e. The van der Waals surface area contributed by atoms with Crippen LogP contribution in [0.15, 0.2) is 42.5 Å². The van der Waals surface area contributed by atoms with Gasteiger partial charge in [-0.05, 0) is 24.3 Å². The van der Waals surface area contributed by atoms with Gasteiger partial charge in [-0.2, -0.15) is 0 Å². The summed E-state index contributed by atoms with van der Waals surface area (Å²) in [6.07, 6.45) is 0. The molecule has 2 aromatic rings. The van der Waals surface area contributed by atoms with E-state index in [4.69, 9.17) is 17.3 Å². The van der Waals surface area contributed by atoms with Gasteiger partial charge in [-0.15, -0.1) is 0 Å². The van der Waals surface area contributed by atoms with E-state index in [-0.39, 0.29) is 12.4 Å². The fraction of sp³-hybridized carbons (Fsp3) is 0.133. The summed E-state index contributed by atoms with van der Waals surface area (Å²) in [6, 6.07) is 11.5. The third kappa shape index (κ3) is 3.08. The first-order valence-electron chi connectivity index (χ1n) is 6.03. The molecule has 0 aliphatic carbocycles. The predicted octanol–water partition coefficient (Wildman–Crippen LogP) is 3.07. The van der Waals surface area contributed by atoms with E-state index in [1.54, 1.807) is 36.2 Å². The molecule has 2 N–H and O–H groups in total. The fourth-order valence-electron chi connectivity index (χ4n) is 2.06. The van der Waals surface area contributed by atoms with E-state index in [0.717, 1.165) is 0 Å². The summed E-state index contributed by atoms with van der Waals surface area (Å²) in [5.41, 5.74) is 7.22. The Morgan fingerprint density at radius 3 is 2.60 bits per heavy atom. The molecule has 0 heterocycles. The topological polar surface area (TPSA) is 46.3 Å². The molecule has 3 nitrogen and oxygen atoms in total. The van der Waals surface area contributed by atoms with Crippen LogP contribution in [-0.4, -0.2) is 19.5 Å². The number of benzene rings is 2. The van der Waals surface area contributed by atoms with Gasteiger partial charge in [-0.3, -0.25) is 4.79 Å². The van der Waals surface area contributed by atoms with E-state index in [1.165, 1.54) is 12.1 Å². The highest BCUT2D eigenvalue weighted by atomic mass is 35.5. The van der Waals surface area contributed by atoms with Crippen molar-refractivity contribution in [3.8, 4) is 11.1 Å². The Kier molecular flexibility index (Phi) is 4.25. The van der Waals surface area contributed by atoms with Crippen LogP contribution in [0.5, 0.6) is 0 Å². The second-order valence-electron chi connectivity index (χ2n) is 4.46. The van der Waals surface area contributed by atoms with Crippen LogP contribution >= 0.6 is 11.6 Å². The number of nitrogens with zero attached hydrogens (tertiary/aromatic N) is 1. The monoisotopic (exact) mass is 292 g/mol. The summed E-state index contributed by atoms with van der Waals surface area (Å²) in [7, 11) is 1.72. The molecule has 0 aliphatic rings. The maximum atomic E-state index is 13.5. The molecule has 2 aromatic carbocycles. The zero-order chi connectivity index (χ0) is 14.7. The van der Waals surface area contributed by atoms with Gasteiger partial charge in [0.25, 0.3) is 0 Å². The number of hydrogen-bond acceptors (Lipinski definition) is 2. The molecular weight excluding hydrogens is 279 g/mol. The van der Waals surface area contributed by atoms with Gasteiger partial charge in [0, 0.05) is 28.9 Å². The quantitative estimate of drug-likeness (QED) is 0.941. The summed E-state index contributed by atoms with van der Waals surface area (Å²) in [6.45, 7) is 0.0447. The van der Waals surface area contributed by atoms with Crippen molar-refractivity contribution in [3.05, 3.63) is 53.3 Å². The number of primary amides is 1. The number of hydrogen-bond donors (Lipinski definition) is 1. The van der Waals surface area contributed by atoms with Crippen LogP contribution in [0.2, 0.25) is 5.02 Å². The van der Waals surface area contributed by atoms with Gasteiger partial charge < -0.3 is 10.6 Å². The normalized spacial score (nSPS) is 10.3. The van der Waals surface area contributed by atoms with Crippen LogP contribution in [0.1, 0.15) is 0 Å². The molecule has 2 rings (SSSR count). The van der Waals surface area contributed by atoms with Gasteiger partial charge in [-0.1, -0.05) is 29.8 Å². The first-order chi connectivity index (χ1) is 9.49. The second kappa shape index (κ2) is 5.92. The van der Waals surface area contributed by atoms with Crippen LogP contribution in [0.3, 0.4) is 0 Å². The zero-order valence-corrected chi connectivity index (χ0v) is 11.7. The van der Waals surface area contributed by atoms with Gasteiger partial charge in [0.1, 0.15) is 5.82 Å². The van der Waals surface area contributed by atoms with Gasteiger partial charge in [0.15, 0.2) is 0 Å². The highest BCUT2D eigenvalue weighted by molar-refractivity contribution is 6.33. The standard InChI is InChI=1S/C15H14ClFN2O/c1-19(9-15(18)20)14-7-6-10(17)8-12(14)11-4-2-3-5-13(11)16/h2-8H,9H2,1H3,(H2,18,20). The molecule has 0 saturated heterocycles. The van der Waals surface area contributed by atoms with Gasteiger partial charge in [0.05, 0.1) is 6.54 Å². The molecule has 0 bridgehead atoms. The Hall–Kier alpha value is -2.07. The minimum Gasteiger partial charge on any atom is -0.368 e. The number of likely N-dealkylation sites (N-methyl/N-ethyl adjacent to an activating group) is 1. The van der Waals surface area contributed by atoms with E-state index in [1.807, 2.05) is 6.07 Å². The predicted molar refractivity (Wildman–Crippen MR) is 79.3 cm³/mol. The van der Waals surface area contributed by atoms with Gasteiger partial charge >= 0.3 is 0 Å². The minimum atomic E-state index is -0.457. The molecule has 0 atom stereocenters. The molecule has 5 heteroatoms. The lowest BCUT2D eigenvalue weighted by atomic mass is 10.0. The molecule has 0 fully saturated rings. The molecule has 104 valence electrons. The number of rotatable bonds is 4. The number of halogens is 2. The second-order valence-corrected chi connectivity index (χ2v) is 4.87. The minimum absolute atomic E-state index is 0.0447. The molecule has 1 amide bonds. The molecule has 0 radical (unpaired) electrons. The van der Waals surface area contributed by atoms with Crippen molar-refractivity contribution in [2.75, 3.05) is 18.5 Å². The van der Waals surface area contributed by atoms with E-state index in [2.05, 4.69) is 0 Å². The lowest BCUT2D eigenvalue weighted by Gasteiger charge is -2.21. The SMILES string of the molecule is CN(CC(N)=O)c1ccc(F)cc1-c1ccccc1Cl. The van der Waals surface area contributed by atoms with Crippen molar-refractivity contribution >= 4 is 23.2 Å². The van der Waals surface area contributed by atoms with Crippen molar-refractivity contribution in [2.24, 2.45) is 5.73 Å². The van der Waals surface area contributed by atoms with Gasteiger partial charge in [-0.25, -0.2) is 4.39 Å². The van der Waals surface area contributed by atoms with Crippen molar-refractivity contribution in [1.82, 2.24) is 0 Å². The Labute approximate surface area is 121 Å². The van der Waals surface area contributed by atoms with Crippen molar-refractivity contribution < 1.29 is 9.18 Å². The van der Waals surface area contributed by atoms with E-state index >= 15 is 0 Å². The lowest BCUT2D eigenvalue weighted by molar-refractivity contribution is -0.116. The maximum absolute atomic E-state index is 13.5. The van der Waals surface area contributed by atoms with Crippen LogP contribution in [0.25, 0.3) is 11.1 Å². The Morgan fingerprint density at radius 2 is 1.95 bits per heavy atom. The van der Waals surface area contributed by atoms with Crippen molar-refractivity contribution in [2.45, 2.75) is 0 Å². The fourth-order valence-corrected chi connectivity index (χ4v) is 2.29. The number of nitrogens with two attached hydrogens (primary N) is 1. The molecule has 0 saturated carbocycles. The van der Waals surface area contributed by atoms with Crippen LogP contribution in [-0.2, 0) is 4.79 Å². The third-order valence-corrected chi connectivity index (χ3v) is 3.26. The number of anilines is 1. The Bertz CT molecular complexity index is 646. The summed E-state index contributed by atoms with van der Waals surface area (Å²) in [5, 5.41) is 0.520. The van der Waals surface area contributed by atoms with Gasteiger partial charge in [0.2, 0.25) is 5.91 Å². The zero-order valence-electron chi connectivity index (χ0n) is 10.9. The molecule has 20 heavy (non-hydrogen) atoms. The average molecular weight is 293 g/mol. The average Bonchev–Trinajstić information content (AvgIpc) is 2.38. The van der Waals surface area contributed by atoms with E-state index < -0.39 is 5.91 Å². The maximum Gasteiger partial charge on any atom is 0.236 e. The van der Waals surface area contributed by atoms with Crippen LogP contribution < -0.4 is 10.6 Å². The Balaban J connectivity index is 2.54. The molecule has 0 unspecified atom stereocenters. The van der Waals surface area contributed by atoms with Crippen molar-refractivity contribution in [1.29, 1.82) is 0 Å². The molecule has 0 spiro atoms. The summed E-state index contributed by atoms with van der Waals surface area (Å²) in [4.78, 5) is 12.7.